The number of imide groups is 1. The molecule has 0 bridgehead atoms. The predicted octanol–water partition coefficient (Wildman–Crippen LogP) is 2.90. The fraction of sp³-hybridized carbons (Fsp3) is 0.385. The minimum Gasteiger partial charge on any atom is -0.447 e. The van der Waals surface area contributed by atoms with E-state index in [9.17, 15) is 22.8 Å². The molecule has 8 heteroatoms. The van der Waals surface area contributed by atoms with Crippen molar-refractivity contribution in [1.82, 2.24) is 4.90 Å². The quantitative estimate of drug-likeness (QED) is 0.773. The SMILES string of the molecule is O=C1OC[C@H](Cc2ccccc2)N1C(=O)C(Br)C(F)(F)F. The van der Waals surface area contributed by atoms with Gasteiger partial charge in [0.25, 0.3) is 5.91 Å². The zero-order valence-electron chi connectivity index (χ0n) is 10.6. The molecule has 1 heterocycles. The van der Waals surface area contributed by atoms with Gasteiger partial charge in [-0.1, -0.05) is 46.3 Å². The highest BCUT2D eigenvalue weighted by Crippen LogP contribution is 2.30. The first-order valence-corrected chi connectivity index (χ1v) is 6.97. The topological polar surface area (TPSA) is 46.6 Å². The number of amides is 2. The number of rotatable bonds is 3. The predicted molar refractivity (Wildman–Crippen MR) is 70.9 cm³/mol. The van der Waals surface area contributed by atoms with Gasteiger partial charge in [-0.05, 0) is 12.0 Å². The van der Waals surface area contributed by atoms with Crippen LogP contribution in [0.25, 0.3) is 0 Å². The third kappa shape index (κ3) is 3.55. The molecule has 0 aromatic heterocycles. The standard InChI is InChI=1S/C13H11BrF3NO3/c14-10(13(15,16)17)11(19)18-9(7-21-12(18)20)6-8-4-2-1-3-5-8/h1-5,9-10H,6-7H2/t9-,10?/m0/s1. The van der Waals surface area contributed by atoms with E-state index in [1.807, 2.05) is 0 Å². The van der Waals surface area contributed by atoms with Crippen molar-refractivity contribution in [3.05, 3.63) is 35.9 Å². The van der Waals surface area contributed by atoms with Gasteiger partial charge in [-0.2, -0.15) is 13.2 Å². The first-order valence-electron chi connectivity index (χ1n) is 6.05. The molecule has 0 spiro atoms. The van der Waals surface area contributed by atoms with E-state index in [-0.39, 0.29) is 13.0 Å². The van der Waals surface area contributed by atoms with Gasteiger partial charge in [0, 0.05) is 0 Å². The molecule has 1 aromatic carbocycles. The molecule has 114 valence electrons. The Kier molecular flexibility index (Phi) is 4.55. The van der Waals surface area contributed by atoms with Gasteiger partial charge in [-0.15, -0.1) is 0 Å². The summed E-state index contributed by atoms with van der Waals surface area (Å²) in [5.74, 6) is -1.36. The summed E-state index contributed by atoms with van der Waals surface area (Å²) in [5.41, 5.74) is 0.803. The number of carbonyl (C=O) groups is 2. The molecule has 1 fully saturated rings. The third-order valence-electron chi connectivity index (χ3n) is 3.02. The van der Waals surface area contributed by atoms with Crippen molar-refractivity contribution < 1.29 is 27.5 Å². The molecule has 21 heavy (non-hydrogen) atoms. The van der Waals surface area contributed by atoms with Crippen LogP contribution in [0.3, 0.4) is 0 Å². The van der Waals surface area contributed by atoms with Gasteiger partial charge < -0.3 is 4.74 Å². The maximum Gasteiger partial charge on any atom is 0.417 e. The van der Waals surface area contributed by atoms with Gasteiger partial charge in [0.1, 0.15) is 6.61 Å². The molecule has 2 rings (SSSR count). The molecule has 0 N–H and O–H groups in total. The first kappa shape index (κ1) is 15.8. The summed E-state index contributed by atoms with van der Waals surface area (Å²) >= 11 is 2.29. The average Bonchev–Trinajstić information content (AvgIpc) is 2.78. The maximum absolute atomic E-state index is 12.6. The number of benzene rings is 1. The van der Waals surface area contributed by atoms with Crippen LogP contribution in [0.1, 0.15) is 5.56 Å². The summed E-state index contributed by atoms with van der Waals surface area (Å²) in [4.78, 5) is 21.5. The fourth-order valence-corrected chi connectivity index (χ4v) is 2.25. The molecule has 4 nitrogen and oxygen atoms in total. The average molecular weight is 366 g/mol. The zero-order chi connectivity index (χ0) is 15.6. The van der Waals surface area contributed by atoms with Crippen LogP contribution in [-0.2, 0) is 16.0 Å². The number of alkyl halides is 4. The highest BCUT2D eigenvalue weighted by Gasteiger charge is 2.49. The van der Waals surface area contributed by atoms with E-state index in [2.05, 4.69) is 15.9 Å². The number of cyclic esters (lactones) is 1. The zero-order valence-corrected chi connectivity index (χ0v) is 12.2. The maximum atomic E-state index is 12.6. The van der Waals surface area contributed by atoms with E-state index < -0.39 is 29.0 Å². The van der Waals surface area contributed by atoms with Crippen molar-refractivity contribution in [2.24, 2.45) is 0 Å². The summed E-state index contributed by atoms with van der Waals surface area (Å²) in [6, 6.07) is 8.11. The van der Waals surface area contributed by atoms with E-state index in [0.717, 1.165) is 5.56 Å². The van der Waals surface area contributed by atoms with E-state index in [4.69, 9.17) is 4.74 Å². The van der Waals surface area contributed by atoms with Crippen molar-refractivity contribution in [2.45, 2.75) is 23.5 Å². The summed E-state index contributed by atoms with van der Waals surface area (Å²) < 4.78 is 42.5. The first-order chi connectivity index (χ1) is 9.80. The summed E-state index contributed by atoms with van der Waals surface area (Å²) in [6.45, 7) is -0.114. The normalized spacial score (nSPS) is 20.3. The van der Waals surface area contributed by atoms with E-state index in [0.29, 0.717) is 4.90 Å². The van der Waals surface area contributed by atoms with Crippen LogP contribution in [0, 0.1) is 0 Å². The lowest BCUT2D eigenvalue weighted by molar-refractivity contribution is -0.155. The molecule has 1 aromatic rings. The molecule has 1 saturated heterocycles. The van der Waals surface area contributed by atoms with Crippen molar-refractivity contribution in [3.63, 3.8) is 0 Å². The van der Waals surface area contributed by atoms with Crippen LogP contribution < -0.4 is 0 Å². The van der Waals surface area contributed by atoms with Crippen LogP contribution >= 0.6 is 15.9 Å². The van der Waals surface area contributed by atoms with Crippen LogP contribution in [0.15, 0.2) is 30.3 Å². The van der Waals surface area contributed by atoms with Gasteiger partial charge in [-0.25, -0.2) is 9.69 Å². The molecule has 0 aliphatic carbocycles. The molecular weight excluding hydrogens is 355 g/mol. The largest absolute Gasteiger partial charge is 0.447 e. The summed E-state index contributed by atoms with van der Waals surface area (Å²) in [5, 5.41) is 0. The van der Waals surface area contributed by atoms with Crippen molar-refractivity contribution in [2.75, 3.05) is 6.61 Å². The lowest BCUT2D eigenvalue weighted by Crippen LogP contribution is -2.48. The Balaban J connectivity index is 2.15. The Morgan fingerprint density at radius 2 is 2.00 bits per heavy atom. The van der Waals surface area contributed by atoms with Crippen molar-refractivity contribution in [3.8, 4) is 0 Å². The minimum atomic E-state index is -4.77. The van der Waals surface area contributed by atoms with Crippen LogP contribution in [0.4, 0.5) is 18.0 Å². The minimum absolute atomic E-state index is 0.114. The second-order valence-electron chi connectivity index (χ2n) is 4.53. The number of hydrogen-bond donors (Lipinski definition) is 0. The lowest BCUT2D eigenvalue weighted by atomic mass is 10.1. The van der Waals surface area contributed by atoms with Crippen LogP contribution in [0.2, 0.25) is 0 Å². The number of hydrogen-bond acceptors (Lipinski definition) is 3. The fourth-order valence-electron chi connectivity index (χ4n) is 2.03. The number of carbonyl (C=O) groups excluding carboxylic acids is 2. The van der Waals surface area contributed by atoms with Gasteiger partial charge in [0.05, 0.1) is 6.04 Å². The number of halogens is 4. The Morgan fingerprint density at radius 3 is 2.57 bits per heavy atom. The van der Waals surface area contributed by atoms with Gasteiger partial charge in [0.15, 0.2) is 4.83 Å². The molecule has 0 radical (unpaired) electrons. The smallest absolute Gasteiger partial charge is 0.417 e. The molecule has 1 aliphatic rings. The van der Waals surface area contributed by atoms with Gasteiger partial charge in [0.2, 0.25) is 0 Å². The van der Waals surface area contributed by atoms with Crippen LogP contribution in [-0.4, -0.2) is 40.6 Å². The van der Waals surface area contributed by atoms with E-state index >= 15 is 0 Å². The van der Waals surface area contributed by atoms with E-state index in [1.54, 1.807) is 30.3 Å². The van der Waals surface area contributed by atoms with Gasteiger partial charge >= 0.3 is 12.3 Å². The Hall–Kier alpha value is -1.57. The third-order valence-corrected chi connectivity index (χ3v) is 3.93. The summed E-state index contributed by atoms with van der Waals surface area (Å²) in [6.07, 6.45) is -5.57. The van der Waals surface area contributed by atoms with E-state index in [1.165, 1.54) is 0 Å². The Labute approximate surface area is 127 Å². The summed E-state index contributed by atoms with van der Waals surface area (Å²) in [7, 11) is 0. The molecule has 1 aliphatic heterocycles. The molecule has 2 amide bonds. The molecule has 1 unspecified atom stereocenters. The highest BCUT2D eigenvalue weighted by molar-refractivity contribution is 9.10. The number of nitrogens with zero attached hydrogens (tertiary/aromatic N) is 1. The van der Waals surface area contributed by atoms with Crippen molar-refractivity contribution in [1.29, 1.82) is 0 Å². The second-order valence-corrected chi connectivity index (χ2v) is 5.45. The molecule has 2 atom stereocenters. The second kappa shape index (κ2) is 6.05. The Bertz CT molecular complexity index is 535. The Morgan fingerprint density at radius 1 is 1.38 bits per heavy atom. The highest BCUT2D eigenvalue weighted by atomic mass is 79.9. The lowest BCUT2D eigenvalue weighted by Gasteiger charge is -2.23. The monoisotopic (exact) mass is 365 g/mol. The van der Waals surface area contributed by atoms with Crippen molar-refractivity contribution >= 4 is 27.9 Å². The van der Waals surface area contributed by atoms with Crippen LogP contribution in [0.5, 0.6) is 0 Å². The van der Waals surface area contributed by atoms with Gasteiger partial charge in [-0.3, -0.25) is 4.79 Å². The molecular formula is C13H11BrF3NO3. The number of ether oxygens (including phenoxy) is 1. The molecule has 0 saturated carbocycles.